The van der Waals surface area contributed by atoms with Crippen molar-refractivity contribution in [2.45, 2.75) is 12.8 Å². The third-order valence-electron chi connectivity index (χ3n) is 3.17. The SMILES string of the molecule is O=C1C[C@@H](CCOc2cccc3ncsc23)CN1. The van der Waals surface area contributed by atoms with E-state index in [1.54, 1.807) is 11.3 Å². The number of carbonyl (C=O) groups is 1. The summed E-state index contributed by atoms with van der Waals surface area (Å²) in [6, 6.07) is 5.91. The normalized spacial score (nSPS) is 19.1. The number of benzene rings is 1. The number of nitrogens with zero attached hydrogens (tertiary/aromatic N) is 1. The maximum absolute atomic E-state index is 11.1. The minimum absolute atomic E-state index is 0.157. The number of carbonyl (C=O) groups excluding carboxylic acids is 1. The summed E-state index contributed by atoms with van der Waals surface area (Å²) < 4.78 is 6.90. The highest BCUT2D eigenvalue weighted by Crippen LogP contribution is 2.28. The Morgan fingerprint density at radius 2 is 2.44 bits per heavy atom. The highest BCUT2D eigenvalue weighted by Gasteiger charge is 2.21. The average Bonchev–Trinajstić information content (AvgIpc) is 2.98. The Labute approximate surface area is 109 Å². The fourth-order valence-corrected chi connectivity index (χ4v) is 2.93. The van der Waals surface area contributed by atoms with Gasteiger partial charge in [0.05, 0.1) is 22.3 Å². The van der Waals surface area contributed by atoms with Crippen molar-refractivity contribution in [1.29, 1.82) is 0 Å². The fraction of sp³-hybridized carbons (Fsp3) is 0.385. The van der Waals surface area contributed by atoms with E-state index in [0.717, 1.165) is 28.9 Å². The van der Waals surface area contributed by atoms with Crippen molar-refractivity contribution in [2.24, 2.45) is 5.92 Å². The number of hydrogen-bond donors (Lipinski definition) is 1. The molecule has 1 N–H and O–H groups in total. The van der Waals surface area contributed by atoms with Gasteiger partial charge < -0.3 is 10.1 Å². The monoisotopic (exact) mass is 262 g/mol. The molecule has 3 rings (SSSR count). The number of nitrogens with one attached hydrogen (secondary N) is 1. The van der Waals surface area contributed by atoms with Crippen LogP contribution in [0.25, 0.3) is 10.2 Å². The summed E-state index contributed by atoms with van der Waals surface area (Å²) in [7, 11) is 0. The number of ether oxygens (including phenoxy) is 1. The average molecular weight is 262 g/mol. The van der Waals surface area contributed by atoms with Gasteiger partial charge in [-0.15, -0.1) is 11.3 Å². The molecule has 0 spiro atoms. The van der Waals surface area contributed by atoms with Crippen LogP contribution in [0.2, 0.25) is 0 Å². The maximum Gasteiger partial charge on any atom is 0.220 e. The second-order valence-electron chi connectivity index (χ2n) is 4.47. The van der Waals surface area contributed by atoms with Crippen molar-refractivity contribution < 1.29 is 9.53 Å². The first-order valence-corrected chi connectivity index (χ1v) is 6.92. The van der Waals surface area contributed by atoms with Gasteiger partial charge in [0.1, 0.15) is 5.75 Å². The Morgan fingerprint density at radius 1 is 1.50 bits per heavy atom. The summed E-state index contributed by atoms with van der Waals surface area (Å²) in [6.07, 6.45) is 1.54. The van der Waals surface area contributed by atoms with E-state index in [1.807, 2.05) is 23.7 Å². The van der Waals surface area contributed by atoms with Crippen LogP contribution in [0, 0.1) is 5.92 Å². The number of amides is 1. The van der Waals surface area contributed by atoms with Crippen LogP contribution in [-0.4, -0.2) is 24.0 Å². The molecule has 1 aromatic carbocycles. The van der Waals surface area contributed by atoms with Crippen LogP contribution in [0.3, 0.4) is 0 Å². The summed E-state index contributed by atoms with van der Waals surface area (Å²) in [5, 5.41) is 2.84. The third kappa shape index (κ3) is 2.31. The number of thiazole rings is 1. The Hall–Kier alpha value is -1.62. The summed E-state index contributed by atoms with van der Waals surface area (Å²) in [5.74, 6) is 1.47. The summed E-state index contributed by atoms with van der Waals surface area (Å²) in [5.41, 5.74) is 2.81. The fourth-order valence-electron chi connectivity index (χ4n) is 2.18. The van der Waals surface area contributed by atoms with Crippen molar-refractivity contribution in [3.63, 3.8) is 0 Å². The molecule has 1 atom stereocenters. The molecule has 1 aliphatic heterocycles. The second-order valence-corrected chi connectivity index (χ2v) is 5.32. The quantitative estimate of drug-likeness (QED) is 0.919. The lowest BCUT2D eigenvalue weighted by Gasteiger charge is -2.09. The molecule has 0 radical (unpaired) electrons. The van der Waals surface area contributed by atoms with Gasteiger partial charge in [-0.05, 0) is 24.5 Å². The molecule has 1 aromatic heterocycles. The van der Waals surface area contributed by atoms with Gasteiger partial charge in [0, 0.05) is 13.0 Å². The molecule has 1 amide bonds. The lowest BCUT2D eigenvalue weighted by molar-refractivity contribution is -0.119. The number of rotatable bonds is 4. The summed E-state index contributed by atoms with van der Waals surface area (Å²) in [6.45, 7) is 1.43. The molecule has 0 saturated carbocycles. The van der Waals surface area contributed by atoms with Gasteiger partial charge in [-0.1, -0.05) is 6.07 Å². The van der Waals surface area contributed by atoms with Crippen molar-refractivity contribution in [2.75, 3.05) is 13.2 Å². The molecule has 1 fully saturated rings. The zero-order chi connectivity index (χ0) is 12.4. The van der Waals surface area contributed by atoms with Crippen LogP contribution in [0.15, 0.2) is 23.7 Å². The molecule has 5 heteroatoms. The molecular formula is C13H14N2O2S. The van der Waals surface area contributed by atoms with E-state index in [9.17, 15) is 4.79 Å². The Balaban J connectivity index is 1.60. The Bertz CT molecular complexity index is 567. The van der Waals surface area contributed by atoms with Crippen LogP contribution >= 0.6 is 11.3 Å². The predicted molar refractivity (Wildman–Crippen MR) is 70.8 cm³/mol. The zero-order valence-corrected chi connectivity index (χ0v) is 10.7. The van der Waals surface area contributed by atoms with Crippen LogP contribution in [0.1, 0.15) is 12.8 Å². The molecule has 0 bridgehead atoms. The number of fused-ring (bicyclic) bond motifs is 1. The molecule has 0 unspecified atom stereocenters. The van der Waals surface area contributed by atoms with Crippen LogP contribution < -0.4 is 10.1 Å². The minimum atomic E-state index is 0.157. The molecule has 18 heavy (non-hydrogen) atoms. The molecular weight excluding hydrogens is 248 g/mol. The van der Waals surface area contributed by atoms with Crippen molar-refractivity contribution >= 4 is 27.5 Å². The molecule has 4 nitrogen and oxygen atoms in total. The predicted octanol–water partition coefficient (Wildman–Crippen LogP) is 2.20. The van der Waals surface area contributed by atoms with Crippen LogP contribution in [0.4, 0.5) is 0 Å². The topological polar surface area (TPSA) is 51.2 Å². The van der Waals surface area contributed by atoms with E-state index >= 15 is 0 Å². The van der Waals surface area contributed by atoms with Gasteiger partial charge in [-0.3, -0.25) is 4.79 Å². The van der Waals surface area contributed by atoms with Crippen molar-refractivity contribution in [3.8, 4) is 5.75 Å². The molecule has 0 aliphatic carbocycles. The van der Waals surface area contributed by atoms with Crippen molar-refractivity contribution in [1.82, 2.24) is 10.3 Å². The van der Waals surface area contributed by atoms with Crippen LogP contribution in [-0.2, 0) is 4.79 Å². The third-order valence-corrected chi connectivity index (χ3v) is 4.02. The number of aromatic nitrogens is 1. The van der Waals surface area contributed by atoms with Gasteiger partial charge in [0.15, 0.2) is 0 Å². The lowest BCUT2D eigenvalue weighted by atomic mass is 10.1. The van der Waals surface area contributed by atoms with Gasteiger partial charge >= 0.3 is 0 Å². The standard InChI is InChI=1S/C13H14N2O2S/c16-12-6-9(7-14-12)4-5-17-11-3-1-2-10-13(11)18-8-15-10/h1-3,8-9H,4-7H2,(H,14,16)/t9-/m1/s1. The maximum atomic E-state index is 11.1. The van der Waals surface area contributed by atoms with Gasteiger partial charge in [0.2, 0.25) is 5.91 Å². The smallest absolute Gasteiger partial charge is 0.220 e. The zero-order valence-electron chi connectivity index (χ0n) is 9.89. The largest absolute Gasteiger partial charge is 0.492 e. The second kappa shape index (κ2) is 4.94. The summed E-state index contributed by atoms with van der Waals surface area (Å²) in [4.78, 5) is 15.3. The number of hydrogen-bond acceptors (Lipinski definition) is 4. The first-order valence-electron chi connectivity index (χ1n) is 6.04. The van der Waals surface area contributed by atoms with E-state index in [1.165, 1.54) is 0 Å². The van der Waals surface area contributed by atoms with Crippen molar-refractivity contribution in [3.05, 3.63) is 23.7 Å². The van der Waals surface area contributed by atoms with Gasteiger partial charge in [0.25, 0.3) is 0 Å². The van der Waals surface area contributed by atoms with E-state index < -0.39 is 0 Å². The van der Waals surface area contributed by atoms with E-state index in [-0.39, 0.29) is 5.91 Å². The van der Waals surface area contributed by atoms with Gasteiger partial charge in [-0.2, -0.15) is 0 Å². The minimum Gasteiger partial charge on any atom is -0.492 e. The lowest BCUT2D eigenvalue weighted by Crippen LogP contribution is -2.14. The van der Waals surface area contributed by atoms with E-state index in [2.05, 4.69) is 10.3 Å². The first-order chi connectivity index (χ1) is 8.83. The molecule has 94 valence electrons. The Morgan fingerprint density at radius 3 is 3.28 bits per heavy atom. The molecule has 2 aromatic rings. The van der Waals surface area contributed by atoms with E-state index in [4.69, 9.17) is 4.74 Å². The Kier molecular flexibility index (Phi) is 3.15. The first kappa shape index (κ1) is 11.5. The molecule has 2 heterocycles. The highest BCUT2D eigenvalue weighted by atomic mass is 32.1. The highest BCUT2D eigenvalue weighted by molar-refractivity contribution is 7.17. The summed E-state index contributed by atoms with van der Waals surface area (Å²) >= 11 is 1.59. The van der Waals surface area contributed by atoms with Gasteiger partial charge in [-0.25, -0.2) is 4.98 Å². The molecule has 1 saturated heterocycles. The van der Waals surface area contributed by atoms with E-state index in [0.29, 0.717) is 18.9 Å². The molecule has 1 aliphatic rings. The van der Waals surface area contributed by atoms with Crippen LogP contribution in [0.5, 0.6) is 5.75 Å².